The highest BCUT2D eigenvalue weighted by molar-refractivity contribution is 6.22. The Hall–Kier alpha value is -2.84. The smallest absolute Gasteiger partial charge is 0.274 e. The monoisotopic (exact) mass is 264 g/mol. The first-order valence-electron chi connectivity index (χ1n) is 5.12. The summed E-state index contributed by atoms with van der Waals surface area (Å²) < 4.78 is 0. The van der Waals surface area contributed by atoms with Gasteiger partial charge in [-0.2, -0.15) is 0 Å². The average molecular weight is 264 g/mol. The Morgan fingerprint density at radius 3 is 2.16 bits per heavy atom. The minimum atomic E-state index is -0.915. The van der Waals surface area contributed by atoms with Crippen molar-refractivity contribution in [3.63, 3.8) is 0 Å². The van der Waals surface area contributed by atoms with Crippen LogP contribution in [0.2, 0.25) is 0 Å². The minimum absolute atomic E-state index is 0.123. The summed E-state index contributed by atoms with van der Waals surface area (Å²) in [5.74, 6) is -1.40. The Morgan fingerprint density at radius 1 is 1.11 bits per heavy atom. The number of hydrogen-bond acceptors (Lipinski definition) is 6. The Kier molecular flexibility index (Phi) is 2.95. The van der Waals surface area contributed by atoms with E-state index in [0.29, 0.717) is 4.90 Å². The van der Waals surface area contributed by atoms with Gasteiger partial charge in [0.1, 0.15) is 0 Å². The van der Waals surface area contributed by atoms with Crippen molar-refractivity contribution in [1.29, 1.82) is 0 Å². The van der Waals surface area contributed by atoms with Gasteiger partial charge in [0, 0.05) is 18.9 Å². The normalized spacial score (nSPS) is 14.8. The molecule has 1 radical (unpaired) electrons. The summed E-state index contributed by atoms with van der Waals surface area (Å²) in [4.78, 5) is 43.6. The van der Waals surface area contributed by atoms with Crippen LogP contribution in [0.15, 0.2) is 12.1 Å². The van der Waals surface area contributed by atoms with E-state index in [2.05, 4.69) is 6.07 Å². The van der Waals surface area contributed by atoms with E-state index in [0.717, 1.165) is 12.1 Å². The zero-order valence-electron chi connectivity index (χ0n) is 9.36. The maximum atomic E-state index is 11.6. The second kappa shape index (κ2) is 4.44. The molecule has 2 amide bonds. The van der Waals surface area contributed by atoms with Crippen molar-refractivity contribution in [3.05, 3.63) is 38.4 Å². The predicted octanol–water partition coefficient (Wildman–Crippen LogP) is 0.957. The van der Waals surface area contributed by atoms with Crippen molar-refractivity contribution in [2.24, 2.45) is 0 Å². The summed E-state index contributed by atoms with van der Waals surface area (Å²) in [5, 5.41) is 21.8. The Bertz CT molecular complexity index is 563. The van der Waals surface area contributed by atoms with Crippen molar-refractivity contribution in [2.75, 3.05) is 4.90 Å². The highest BCUT2D eigenvalue weighted by atomic mass is 16.6. The van der Waals surface area contributed by atoms with Crippen LogP contribution < -0.4 is 4.90 Å². The van der Waals surface area contributed by atoms with E-state index in [1.165, 1.54) is 0 Å². The number of carbonyl (C=O) groups excluding carboxylic acids is 2. The molecule has 0 saturated carbocycles. The third-order valence-corrected chi connectivity index (χ3v) is 2.58. The summed E-state index contributed by atoms with van der Waals surface area (Å²) in [7, 11) is 0. The second-order valence-corrected chi connectivity index (χ2v) is 3.70. The Balaban J connectivity index is 2.71. The van der Waals surface area contributed by atoms with Crippen molar-refractivity contribution in [2.45, 2.75) is 12.8 Å². The molecule has 0 N–H and O–H groups in total. The van der Waals surface area contributed by atoms with Crippen LogP contribution in [-0.2, 0) is 9.59 Å². The van der Waals surface area contributed by atoms with Gasteiger partial charge in [-0.3, -0.25) is 29.8 Å². The number of anilines is 1. The average Bonchev–Trinajstić information content (AvgIpc) is 2.67. The first-order valence-corrected chi connectivity index (χ1v) is 5.12. The summed E-state index contributed by atoms with van der Waals surface area (Å²) in [6, 6.07) is 4.16. The second-order valence-electron chi connectivity index (χ2n) is 3.70. The molecular weight excluding hydrogens is 258 g/mol. The Morgan fingerprint density at radius 2 is 1.68 bits per heavy atom. The van der Waals surface area contributed by atoms with Crippen LogP contribution in [0, 0.1) is 26.3 Å². The first kappa shape index (κ1) is 12.6. The van der Waals surface area contributed by atoms with Crippen LogP contribution >= 0.6 is 0 Å². The highest BCUT2D eigenvalue weighted by Crippen LogP contribution is 2.39. The Labute approximate surface area is 105 Å². The van der Waals surface area contributed by atoms with Gasteiger partial charge in [0.25, 0.3) is 0 Å². The van der Waals surface area contributed by atoms with E-state index in [4.69, 9.17) is 0 Å². The molecule has 0 spiro atoms. The van der Waals surface area contributed by atoms with Gasteiger partial charge in [-0.05, 0) is 6.07 Å². The molecule has 1 aliphatic heterocycles. The van der Waals surface area contributed by atoms with E-state index in [1.54, 1.807) is 0 Å². The molecule has 1 saturated heterocycles. The summed E-state index contributed by atoms with van der Waals surface area (Å²) in [6.07, 6.45) is -0.246. The van der Waals surface area contributed by atoms with Crippen molar-refractivity contribution >= 4 is 28.9 Å². The van der Waals surface area contributed by atoms with Crippen LogP contribution in [0.5, 0.6) is 0 Å². The lowest BCUT2D eigenvalue weighted by molar-refractivity contribution is -0.392. The van der Waals surface area contributed by atoms with E-state index in [9.17, 15) is 29.8 Å². The largest absolute Gasteiger partial charge is 0.308 e. The molecule has 0 bridgehead atoms. The molecule has 0 aromatic heterocycles. The number of imide groups is 1. The zero-order chi connectivity index (χ0) is 14.2. The van der Waals surface area contributed by atoms with Crippen LogP contribution in [0.3, 0.4) is 0 Å². The quantitative estimate of drug-likeness (QED) is 0.455. The molecule has 19 heavy (non-hydrogen) atoms. The first-order chi connectivity index (χ1) is 8.93. The topological polar surface area (TPSA) is 124 Å². The molecule has 9 heteroatoms. The van der Waals surface area contributed by atoms with Gasteiger partial charge in [-0.15, -0.1) is 0 Å². The number of nitrogens with zero attached hydrogens (tertiary/aromatic N) is 3. The van der Waals surface area contributed by atoms with Gasteiger partial charge < -0.3 is 0 Å². The highest BCUT2D eigenvalue weighted by Gasteiger charge is 2.40. The summed E-state index contributed by atoms with van der Waals surface area (Å²) in [6.45, 7) is 0. The summed E-state index contributed by atoms with van der Waals surface area (Å²) >= 11 is 0. The van der Waals surface area contributed by atoms with Gasteiger partial charge in [-0.25, -0.2) is 4.90 Å². The molecule has 1 aromatic rings. The van der Waals surface area contributed by atoms with E-state index in [-0.39, 0.29) is 12.8 Å². The molecule has 0 unspecified atom stereocenters. The number of hydrogen-bond donors (Lipinski definition) is 0. The number of nitro benzene ring substituents is 2. The maximum Gasteiger partial charge on any atom is 0.308 e. The summed E-state index contributed by atoms with van der Waals surface area (Å²) in [5.41, 5.74) is -2.06. The van der Waals surface area contributed by atoms with Crippen LogP contribution in [-0.4, -0.2) is 21.7 Å². The van der Waals surface area contributed by atoms with Crippen LogP contribution in [0.4, 0.5) is 17.1 Å². The number of carbonyl (C=O) groups is 2. The molecule has 0 atom stereocenters. The molecule has 1 aromatic carbocycles. The fraction of sp³-hybridized carbons (Fsp3) is 0.200. The standard InChI is InChI=1S/C10H6N3O6/c14-8-4-5-9(15)11(8)10-6(12(16)17)2-1-3-7(10)13(18)19/h1-2H,4-5H2. The maximum absolute atomic E-state index is 11.6. The van der Waals surface area contributed by atoms with Gasteiger partial charge in [0.2, 0.25) is 17.5 Å². The molecular formula is C10H6N3O6. The third kappa shape index (κ3) is 2.01. The molecule has 1 fully saturated rings. The number of benzene rings is 1. The van der Waals surface area contributed by atoms with Gasteiger partial charge >= 0.3 is 11.4 Å². The van der Waals surface area contributed by atoms with Gasteiger partial charge in [0.05, 0.1) is 15.9 Å². The van der Waals surface area contributed by atoms with E-state index < -0.39 is 38.7 Å². The SMILES string of the molecule is O=C1CCC(=O)N1c1c([N+](=O)[O-])[c]ccc1[N+](=O)[O-]. The van der Waals surface area contributed by atoms with Crippen molar-refractivity contribution < 1.29 is 19.4 Å². The molecule has 0 aliphatic carbocycles. The molecule has 2 rings (SSSR count). The lowest BCUT2D eigenvalue weighted by atomic mass is 10.2. The fourth-order valence-electron chi connectivity index (χ4n) is 1.80. The van der Waals surface area contributed by atoms with Crippen molar-refractivity contribution in [1.82, 2.24) is 0 Å². The van der Waals surface area contributed by atoms with Crippen LogP contribution in [0.1, 0.15) is 12.8 Å². The van der Waals surface area contributed by atoms with Crippen molar-refractivity contribution in [3.8, 4) is 0 Å². The molecule has 1 aliphatic rings. The number of nitro groups is 2. The molecule has 1 heterocycles. The number of rotatable bonds is 3. The zero-order valence-corrected chi connectivity index (χ0v) is 9.36. The van der Waals surface area contributed by atoms with E-state index >= 15 is 0 Å². The van der Waals surface area contributed by atoms with Gasteiger partial charge in [0.15, 0.2) is 0 Å². The molecule has 97 valence electrons. The lowest BCUT2D eigenvalue weighted by Crippen LogP contribution is -2.30. The number of amides is 2. The third-order valence-electron chi connectivity index (χ3n) is 2.58. The predicted molar refractivity (Wildman–Crippen MR) is 60.3 cm³/mol. The van der Waals surface area contributed by atoms with E-state index in [1.807, 2.05) is 0 Å². The fourth-order valence-corrected chi connectivity index (χ4v) is 1.80. The van der Waals surface area contributed by atoms with Gasteiger partial charge in [-0.1, -0.05) is 0 Å². The molecule has 9 nitrogen and oxygen atoms in total. The van der Waals surface area contributed by atoms with Crippen LogP contribution in [0.25, 0.3) is 0 Å². The lowest BCUT2D eigenvalue weighted by Gasteiger charge is -2.13. The minimum Gasteiger partial charge on any atom is -0.274 e.